The van der Waals surface area contributed by atoms with Crippen LogP contribution in [0.5, 0.6) is 0 Å². The summed E-state index contributed by atoms with van der Waals surface area (Å²) in [6, 6.07) is 27.2. The Morgan fingerprint density at radius 1 is 0.455 bits per heavy atom. The van der Waals surface area contributed by atoms with Crippen LogP contribution in [0.4, 0.5) is 39.5 Å². The van der Waals surface area contributed by atoms with Crippen molar-refractivity contribution in [2.24, 2.45) is 9.98 Å². The summed E-state index contributed by atoms with van der Waals surface area (Å²) < 4.78 is 126. The summed E-state index contributed by atoms with van der Waals surface area (Å²) in [6.07, 6.45) is -3.75. The number of benzene rings is 5. The first-order valence-electron chi connectivity index (χ1n) is 20.6. The van der Waals surface area contributed by atoms with Crippen LogP contribution in [0.25, 0.3) is 67.1 Å². The van der Waals surface area contributed by atoms with Crippen LogP contribution in [0.1, 0.15) is 29.5 Å². The number of nitrogens with zero attached hydrogens (tertiary/aromatic N) is 6. The number of aliphatic imine (C=N–C) groups is 2. The lowest BCUT2D eigenvalue weighted by Crippen LogP contribution is -2.35. The Labute approximate surface area is 370 Å². The minimum atomic E-state index is -4.66. The van der Waals surface area contributed by atoms with Gasteiger partial charge >= 0.3 is 18.5 Å². The number of fused-ring (bicyclic) bond motifs is 3. The van der Waals surface area contributed by atoms with Gasteiger partial charge in [-0.1, -0.05) is 91.0 Å². The van der Waals surface area contributed by atoms with E-state index in [9.17, 15) is 39.5 Å². The van der Waals surface area contributed by atoms with E-state index < -0.39 is 47.3 Å². The van der Waals surface area contributed by atoms with Gasteiger partial charge in [0.25, 0.3) is 0 Å². The Bertz CT molecular complexity index is 3110. The Morgan fingerprint density at radius 3 is 1.42 bits per heavy atom. The van der Waals surface area contributed by atoms with Gasteiger partial charge in [-0.15, -0.1) is 0 Å². The predicted octanol–water partition coefficient (Wildman–Crippen LogP) is 13.6. The third-order valence-corrected chi connectivity index (χ3v) is 11.4. The molecule has 0 N–H and O–H groups in total. The zero-order chi connectivity index (χ0) is 46.0. The Morgan fingerprint density at radius 2 is 0.939 bits per heavy atom. The van der Waals surface area contributed by atoms with Crippen LogP contribution in [0.3, 0.4) is 0 Å². The van der Waals surface area contributed by atoms with Crippen molar-refractivity contribution in [1.82, 2.24) is 19.9 Å². The van der Waals surface area contributed by atoms with E-state index in [2.05, 4.69) is 0 Å². The molecule has 0 saturated carbocycles. The average molecular weight is 899 g/mol. The molecule has 3 heterocycles. The van der Waals surface area contributed by atoms with Crippen molar-refractivity contribution in [2.75, 3.05) is 0 Å². The van der Waals surface area contributed by atoms with E-state index in [0.29, 0.717) is 52.1 Å². The first-order chi connectivity index (χ1) is 31.6. The van der Waals surface area contributed by atoms with Crippen LogP contribution in [-0.4, -0.2) is 49.6 Å². The predicted molar refractivity (Wildman–Crippen MR) is 236 cm³/mol. The van der Waals surface area contributed by atoms with Crippen molar-refractivity contribution in [3.63, 3.8) is 0 Å². The van der Waals surface area contributed by atoms with Gasteiger partial charge in [0, 0.05) is 27.8 Å². The normalized spacial score (nSPS) is 17.6. The number of hydrogen-bond donors (Lipinski definition) is 0. The highest BCUT2D eigenvalue weighted by atomic mass is 19.4. The molecule has 6 nitrogen and oxygen atoms in total. The minimum absolute atomic E-state index is 0.0152. The Hall–Kier alpha value is -7.55. The van der Waals surface area contributed by atoms with E-state index in [-0.39, 0.29) is 44.8 Å². The molecule has 2 aromatic heterocycles. The molecule has 0 radical (unpaired) electrons. The monoisotopic (exact) mass is 898 g/mol. The minimum Gasteiger partial charge on any atom is -0.273 e. The molecule has 1 aliphatic heterocycles. The SMILES string of the molecule is FC(F)(F)C1=CC2N=C(C3=CC=CCC3)C(c3cc(-c4nc5ccc(C(F)(F)F)cc5nc4-c4ccccc4)cc(-c4nc5ccc(C(F)(F)F)cc5nc4-c4ccccc4)c3)=N[C@@H]2C=C1. The average Bonchev–Trinajstić information content (AvgIpc) is 3.32. The molecule has 7 aromatic rings. The first kappa shape index (κ1) is 42.4. The maximum absolute atomic E-state index is 14.0. The zero-order valence-corrected chi connectivity index (χ0v) is 34.1. The van der Waals surface area contributed by atoms with Crippen molar-refractivity contribution in [1.29, 1.82) is 0 Å². The molecule has 2 atom stereocenters. The van der Waals surface area contributed by atoms with Crippen molar-refractivity contribution in [2.45, 2.75) is 43.5 Å². The maximum Gasteiger partial charge on any atom is 0.416 e. The van der Waals surface area contributed by atoms with Crippen LogP contribution in [0.15, 0.2) is 173 Å². The fraction of sp³-hybridized carbons (Fsp3) is 0.137. The van der Waals surface area contributed by atoms with Gasteiger partial charge in [-0.3, -0.25) is 9.98 Å². The fourth-order valence-corrected chi connectivity index (χ4v) is 8.24. The van der Waals surface area contributed by atoms with E-state index in [0.717, 1.165) is 42.0 Å². The van der Waals surface area contributed by atoms with Crippen LogP contribution in [0.2, 0.25) is 0 Å². The van der Waals surface area contributed by atoms with Gasteiger partial charge in [-0.2, -0.15) is 39.5 Å². The fourth-order valence-electron chi connectivity index (χ4n) is 8.24. The molecule has 328 valence electrons. The Kier molecular flexibility index (Phi) is 10.4. The van der Waals surface area contributed by atoms with Crippen LogP contribution >= 0.6 is 0 Å². The molecule has 10 rings (SSSR count). The highest BCUT2D eigenvalue weighted by Crippen LogP contribution is 2.41. The molecule has 0 saturated heterocycles. The second-order valence-electron chi connectivity index (χ2n) is 15.8. The number of allylic oxidation sites excluding steroid dienone is 6. The van der Waals surface area contributed by atoms with E-state index in [1.807, 2.05) is 18.2 Å². The zero-order valence-electron chi connectivity index (χ0n) is 34.1. The second-order valence-corrected chi connectivity index (χ2v) is 15.8. The number of halogens is 9. The largest absolute Gasteiger partial charge is 0.416 e. The molecule has 3 aliphatic rings. The van der Waals surface area contributed by atoms with E-state index in [4.69, 9.17) is 29.9 Å². The highest BCUT2D eigenvalue weighted by molar-refractivity contribution is 6.54. The lowest BCUT2D eigenvalue weighted by molar-refractivity contribution is -0.138. The number of alkyl halides is 9. The van der Waals surface area contributed by atoms with Crippen LogP contribution < -0.4 is 0 Å². The third kappa shape index (κ3) is 8.20. The highest BCUT2D eigenvalue weighted by Gasteiger charge is 2.38. The number of hydrogen-bond acceptors (Lipinski definition) is 6. The first-order valence-corrected chi connectivity index (χ1v) is 20.6. The summed E-state index contributed by atoms with van der Waals surface area (Å²) in [7, 11) is 0. The van der Waals surface area contributed by atoms with E-state index in [1.165, 1.54) is 18.2 Å². The molecule has 1 unspecified atom stereocenters. The van der Waals surface area contributed by atoms with Gasteiger partial charge in [0.15, 0.2) is 0 Å². The molecular weight excluding hydrogens is 868 g/mol. The van der Waals surface area contributed by atoms with Crippen LogP contribution in [0, 0.1) is 0 Å². The van der Waals surface area contributed by atoms with Gasteiger partial charge in [-0.05, 0) is 79.1 Å². The molecule has 0 fully saturated rings. The van der Waals surface area contributed by atoms with Gasteiger partial charge in [0.1, 0.15) is 0 Å². The van der Waals surface area contributed by atoms with Crippen molar-refractivity contribution < 1.29 is 39.5 Å². The quantitative estimate of drug-likeness (QED) is 0.156. The topological polar surface area (TPSA) is 76.3 Å². The van der Waals surface area contributed by atoms with Crippen molar-refractivity contribution in [3.8, 4) is 45.0 Å². The maximum atomic E-state index is 14.0. The molecule has 66 heavy (non-hydrogen) atoms. The molecule has 0 amide bonds. The van der Waals surface area contributed by atoms with Gasteiger partial charge < -0.3 is 0 Å². The van der Waals surface area contributed by atoms with Crippen LogP contribution in [-0.2, 0) is 12.4 Å². The smallest absolute Gasteiger partial charge is 0.273 e. The summed E-state index contributed by atoms with van der Waals surface area (Å²) in [5.41, 5.74) is 2.28. The van der Waals surface area contributed by atoms with Crippen molar-refractivity contribution in [3.05, 3.63) is 180 Å². The van der Waals surface area contributed by atoms with Gasteiger partial charge in [0.05, 0.1) is 85.0 Å². The summed E-state index contributed by atoms with van der Waals surface area (Å²) in [5, 5.41) is 0. The van der Waals surface area contributed by atoms with E-state index >= 15 is 0 Å². The summed E-state index contributed by atoms with van der Waals surface area (Å²) in [4.78, 5) is 29.5. The Balaban J connectivity index is 1.27. The number of aromatic nitrogens is 4. The molecule has 5 aromatic carbocycles. The van der Waals surface area contributed by atoms with Crippen molar-refractivity contribution >= 4 is 33.5 Å². The third-order valence-electron chi connectivity index (χ3n) is 11.4. The van der Waals surface area contributed by atoms with Gasteiger partial charge in [-0.25, -0.2) is 19.9 Å². The number of rotatable bonds is 6. The summed E-state index contributed by atoms with van der Waals surface area (Å²) in [6.45, 7) is 0. The van der Waals surface area contributed by atoms with Gasteiger partial charge in [0.2, 0.25) is 0 Å². The summed E-state index contributed by atoms with van der Waals surface area (Å²) >= 11 is 0. The second kappa shape index (κ2) is 16.2. The summed E-state index contributed by atoms with van der Waals surface area (Å²) in [5.74, 6) is 0. The van der Waals surface area contributed by atoms with E-state index in [1.54, 1.807) is 78.9 Å². The lowest BCUT2D eigenvalue weighted by Gasteiger charge is -2.29. The lowest BCUT2D eigenvalue weighted by atomic mass is 9.87. The molecule has 15 heteroatoms. The molecule has 2 aliphatic carbocycles. The molecule has 0 bridgehead atoms. The molecular formula is C51H31F9N6. The standard InChI is InChI=1S/C51H31F9N6/c52-49(53,54)34-16-19-37-40(25-34)64-43(28-10-4-1-5-11-28)46(61-37)31-22-32(47-44(29-12-6-2-7-13-29)65-41-26-35(50(55,56)57)17-20-38(41)62-47)24-33(23-31)48-45(30-14-8-3-9-15-30)66-42-27-36(51(58,59)60)18-21-39(42)63-48/h1-8,10-14,16-27,39,42H,9,15H2/t39-,42?/m1/s1. The molecule has 0 spiro atoms.